The van der Waals surface area contributed by atoms with Gasteiger partial charge in [0.25, 0.3) is 0 Å². The molecule has 0 atom stereocenters. The van der Waals surface area contributed by atoms with E-state index in [-0.39, 0.29) is 12.4 Å². The van der Waals surface area contributed by atoms with Crippen molar-refractivity contribution in [3.05, 3.63) is 35.6 Å². The molecule has 1 fully saturated rings. The van der Waals surface area contributed by atoms with E-state index >= 15 is 0 Å². The van der Waals surface area contributed by atoms with Gasteiger partial charge in [0.05, 0.1) is 6.54 Å². The molecule has 4 heteroatoms. The summed E-state index contributed by atoms with van der Waals surface area (Å²) < 4.78 is 12.7. The molecule has 1 aliphatic carbocycles. The standard InChI is InChI=1S/C13H16FNO2/c14-12-5-3-11(4-6-12)8-15(9-13(16)17)7-10-1-2-10/h3-6,10H,1-2,7-9H2,(H,16,17). The summed E-state index contributed by atoms with van der Waals surface area (Å²) in [7, 11) is 0. The second-order valence-corrected chi connectivity index (χ2v) is 4.63. The van der Waals surface area contributed by atoms with Crippen molar-refractivity contribution in [1.82, 2.24) is 4.90 Å². The van der Waals surface area contributed by atoms with Crippen LogP contribution in [0.3, 0.4) is 0 Å². The minimum absolute atomic E-state index is 0.0495. The Balaban J connectivity index is 1.94. The Hall–Kier alpha value is -1.42. The summed E-state index contributed by atoms with van der Waals surface area (Å²) in [5, 5.41) is 8.84. The molecule has 0 aliphatic heterocycles. The molecule has 0 spiro atoms. The van der Waals surface area contributed by atoms with Crippen LogP contribution in [-0.2, 0) is 11.3 Å². The van der Waals surface area contributed by atoms with E-state index in [4.69, 9.17) is 5.11 Å². The van der Waals surface area contributed by atoms with Gasteiger partial charge >= 0.3 is 5.97 Å². The molecule has 0 heterocycles. The fourth-order valence-electron chi connectivity index (χ4n) is 1.89. The number of carboxylic acid groups (broad SMARTS) is 1. The Kier molecular flexibility index (Phi) is 3.74. The smallest absolute Gasteiger partial charge is 0.317 e. The number of hydrogen-bond acceptors (Lipinski definition) is 2. The normalized spacial score (nSPS) is 15.2. The number of carboxylic acids is 1. The van der Waals surface area contributed by atoms with E-state index in [1.54, 1.807) is 12.1 Å². The molecular weight excluding hydrogens is 221 g/mol. The minimum atomic E-state index is -0.812. The zero-order valence-corrected chi connectivity index (χ0v) is 9.60. The average Bonchev–Trinajstić information content (AvgIpc) is 3.04. The molecule has 0 radical (unpaired) electrons. The summed E-state index contributed by atoms with van der Waals surface area (Å²) >= 11 is 0. The van der Waals surface area contributed by atoms with E-state index in [1.807, 2.05) is 4.90 Å². The maximum Gasteiger partial charge on any atom is 0.317 e. The summed E-state index contributed by atoms with van der Waals surface area (Å²) in [6.07, 6.45) is 2.39. The maximum atomic E-state index is 12.7. The van der Waals surface area contributed by atoms with Crippen molar-refractivity contribution in [2.75, 3.05) is 13.1 Å². The second kappa shape index (κ2) is 5.27. The first kappa shape index (κ1) is 12.0. The molecule has 0 saturated heterocycles. The zero-order valence-electron chi connectivity index (χ0n) is 9.60. The van der Waals surface area contributed by atoms with Crippen LogP contribution in [0, 0.1) is 11.7 Å². The van der Waals surface area contributed by atoms with Crippen LogP contribution in [0.4, 0.5) is 4.39 Å². The van der Waals surface area contributed by atoms with Gasteiger partial charge in [-0.15, -0.1) is 0 Å². The van der Waals surface area contributed by atoms with Gasteiger partial charge in [0, 0.05) is 13.1 Å². The van der Waals surface area contributed by atoms with Gasteiger partial charge in [0.1, 0.15) is 5.82 Å². The van der Waals surface area contributed by atoms with Crippen LogP contribution >= 0.6 is 0 Å². The topological polar surface area (TPSA) is 40.5 Å². The molecule has 2 rings (SSSR count). The van der Waals surface area contributed by atoms with E-state index in [0.29, 0.717) is 12.5 Å². The highest BCUT2D eigenvalue weighted by Crippen LogP contribution is 2.30. The van der Waals surface area contributed by atoms with Gasteiger partial charge in [-0.25, -0.2) is 4.39 Å². The van der Waals surface area contributed by atoms with Gasteiger partial charge in [-0.2, -0.15) is 0 Å². The lowest BCUT2D eigenvalue weighted by atomic mass is 10.2. The van der Waals surface area contributed by atoms with E-state index in [1.165, 1.54) is 25.0 Å². The summed E-state index contributed by atoms with van der Waals surface area (Å²) in [6, 6.07) is 6.23. The summed E-state index contributed by atoms with van der Waals surface area (Å²) in [6.45, 7) is 1.45. The fraction of sp³-hybridized carbons (Fsp3) is 0.462. The zero-order chi connectivity index (χ0) is 12.3. The average molecular weight is 237 g/mol. The molecular formula is C13H16FNO2. The number of rotatable bonds is 6. The first-order chi connectivity index (χ1) is 8.13. The van der Waals surface area contributed by atoms with Crippen molar-refractivity contribution < 1.29 is 14.3 Å². The van der Waals surface area contributed by atoms with Gasteiger partial charge in [-0.05, 0) is 36.5 Å². The van der Waals surface area contributed by atoms with Crippen molar-refractivity contribution in [3.8, 4) is 0 Å². The van der Waals surface area contributed by atoms with Crippen molar-refractivity contribution in [3.63, 3.8) is 0 Å². The Labute approximate surface area is 99.9 Å². The number of aliphatic carboxylic acids is 1. The van der Waals surface area contributed by atoms with E-state index in [2.05, 4.69) is 0 Å². The summed E-state index contributed by atoms with van der Waals surface area (Å²) in [4.78, 5) is 12.7. The van der Waals surface area contributed by atoms with Crippen LogP contribution in [0.1, 0.15) is 18.4 Å². The third-order valence-corrected chi connectivity index (χ3v) is 2.89. The van der Waals surface area contributed by atoms with E-state index < -0.39 is 5.97 Å². The minimum Gasteiger partial charge on any atom is -0.480 e. The molecule has 1 aliphatic rings. The number of carbonyl (C=O) groups is 1. The quantitative estimate of drug-likeness (QED) is 0.824. The second-order valence-electron chi connectivity index (χ2n) is 4.63. The molecule has 0 aromatic heterocycles. The predicted octanol–water partition coefficient (Wildman–Crippen LogP) is 2.12. The van der Waals surface area contributed by atoms with Crippen molar-refractivity contribution in [1.29, 1.82) is 0 Å². The van der Waals surface area contributed by atoms with Crippen LogP contribution in [0.5, 0.6) is 0 Å². The monoisotopic (exact) mass is 237 g/mol. The molecule has 0 bridgehead atoms. The van der Waals surface area contributed by atoms with Crippen molar-refractivity contribution >= 4 is 5.97 Å². The maximum absolute atomic E-state index is 12.7. The first-order valence-electron chi connectivity index (χ1n) is 5.82. The largest absolute Gasteiger partial charge is 0.480 e. The lowest BCUT2D eigenvalue weighted by Crippen LogP contribution is -2.31. The SMILES string of the molecule is O=C(O)CN(Cc1ccc(F)cc1)CC1CC1. The molecule has 92 valence electrons. The highest BCUT2D eigenvalue weighted by atomic mass is 19.1. The van der Waals surface area contributed by atoms with Gasteiger partial charge in [0.2, 0.25) is 0 Å². The van der Waals surface area contributed by atoms with Gasteiger partial charge in [-0.3, -0.25) is 9.69 Å². The molecule has 3 nitrogen and oxygen atoms in total. The molecule has 0 unspecified atom stereocenters. The van der Waals surface area contributed by atoms with Gasteiger partial charge in [-0.1, -0.05) is 12.1 Å². The summed E-state index contributed by atoms with van der Waals surface area (Å²) in [5.74, 6) is -0.428. The first-order valence-corrected chi connectivity index (χ1v) is 5.82. The highest BCUT2D eigenvalue weighted by Gasteiger charge is 2.25. The van der Waals surface area contributed by atoms with Crippen molar-refractivity contribution in [2.24, 2.45) is 5.92 Å². The molecule has 1 aromatic carbocycles. The lowest BCUT2D eigenvalue weighted by Gasteiger charge is -2.20. The molecule has 17 heavy (non-hydrogen) atoms. The summed E-state index contributed by atoms with van der Waals surface area (Å²) in [5.41, 5.74) is 0.952. The Bertz CT molecular complexity index is 387. The third-order valence-electron chi connectivity index (χ3n) is 2.89. The number of benzene rings is 1. The van der Waals surface area contributed by atoms with Crippen molar-refractivity contribution in [2.45, 2.75) is 19.4 Å². The predicted molar refractivity (Wildman–Crippen MR) is 62.0 cm³/mol. The highest BCUT2D eigenvalue weighted by molar-refractivity contribution is 5.69. The molecule has 0 amide bonds. The van der Waals surface area contributed by atoms with Crippen LogP contribution in [-0.4, -0.2) is 29.1 Å². The third kappa shape index (κ3) is 4.15. The Morgan fingerprint density at radius 3 is 2.53 bits per heavy atom. The van der Waals surface area contributed by atoms with Crippen LogP contribution in [0.25, 0.3) is 0 Å². The van der Waals surface area contributed by atoms with E-state index in [9.17, 15) is 9.18 Å². The Morgan fingerprint density at radius 2 is 2.00 bits per heavy atom. The van der Waals surface area contributed by atoms with Crippen LogP contribution in [0.2, 0.25) is 0 Å². The van der Waals surface area contributed by atoms with Crippen LogP contribution in [0.15, 0.2) is 24.3 Å². The fourth-order valence-corrected chi connectivity index (χ4v) is 1.89. The number of halogens is 1. The van der Waals surface area contributed by atoms with Crippen LogP contribution < -0.4 is 0 Å². The Morgan fingerprint density at radius 1 is 1.35 bits per heavy atom. The van der Waals surface area contributed by atoms with E-state index in [0.717, 1.165) is 12.1 Å². The molecule has 1 saturated carbocycles. The molecule has 1 N–H and O–H groups in total. The number of hydrogen-bond donors (Lipinski definition) is 1. The van der Waals surface area contributed by atoms with Gasteiger partial charge in [0.15, 0.2) is 0 Å². The molecule has 1 aromatic rings. The lowest BCUT2D eigenvalue weighted by molar-refractivity contribution is -0.138. The number of nitrogens with zero attached hydrogens (tertiary/aromatic N) is 1. The van der Waals surface area contributed by atoms with Gasteiger partial charge < -0.3 is 5.11 Å².